The largest absolute Gasteiger partial charge is 0.490 e. The summed E-state index contributed by atoms with van der Waals surface area (Å²) in [6, 6.07) is 9.84. The van der Waals surface area contributed by atoms with E-state index in [-0.39, 0.29) is 0 Å². The van der Waals surface area contributed by atoms with E-state index in [9.17, 15) is 0 Å². The lowest BCUT2D eigenvalue weighted by Crippen LogP contribution is -2.31. The third kappa shape index (κ3) is 2.16. The number of rotatable bonds is 2. The number of hydrogen-bond acceptors (Lipinski definition) is 3. The highest BCUT2D eigenvalue weighted by molar-refractivity contribution is 6.36. The molecular formula is C17H16Cl2N2O. The molecule has 0 spiro atoms. The Kier molecular flexibility index (Phi) is 3.44. The first-order valence-corrected chi connectivity index (χ1v) is 8.14. The van der Waals surface area contributed by atoms with Crippen molar-refractivity contribution < 1.29 is 4.74 Å². The molecule has 2 aromatic rings. The van der Waals surface area contributed by atoms with Crippen LogP contribution in [0, 0.1) is 0 Å². The Hall–Kier alpha value is -1.42. The average molecular weight is 335 g/mol. The van der Waals surface area contributed by atoms with Gasteiger partial charge < -0.3 is 15.4 Å². The maximum atomic E-state index is 6.36. The van der Waals surface area contributed by atoms with Crippen LogP contribution in [0.1, 0.15) is 11.5 Å². The fourth-order valence-corrected chi connectivity index (χ4v) is 3.91. The molecule has 0 fully saturated rings. The first-order valence-electron chi connectivity index (χ1n) is 7.38. The van der Waals surface area contributed by atoms with Crippen molar-refractivity contribution in [3.05, 3.63) is 45.9 Å². The zero-order chi connectivity index (χ0) is 15.3. The fourth-order valence-electron chi connectivity index (χ4n) is 3.39. The van der Waals surface area contributed by atoms with Crippen LogP contribution in [0.25, 0.3) is 11.1 Å². The lowest BCUT2D eigenvalue weighted by Gasteiger charge is -2.27. The molecule has 0 bridgehead atoms. The zero-order valence-corrected chi connectivity index (χ0v) is 13.5. The second-order valence-corrected chi connectivity index (χ2v) is 6.61. The molecule has 0 radical (unpaired) electrons. The number of anilines is 1. The van der Waals surface area contributed by atoms with E-state index >= 15 is 0 Å². The van der Waals surface area contributed by atoms with Gasteiger partial charge in [0.25, 0.3) is 0 Å². The van der Waals surface area contributed by atoms with Gasteiger partial charge in [0.05, 0.1) is 12.2 Å². The summed E-state index contributed by atoms with van der Waals surface area (Å²) in [5.41, 5.74) is 10.5. The molecule has 1 atom stereocenters. The second-order valence-electron chi connectivity index (χ2n) is 5.76. The van der Waals surface area contributed by atoms with Crippen molar-refractivity contribution in [2.75, 3.05) is 31.1 Å². The molecule has 4 rings (SSSR count). The molecule has 3 nitrogen and oxygen atoms in total. The zero-order valence-electron chi connectivity index (χ0n) is 12.0. The van der Waals surface area contributed by atoms with E-state index in [1.54, 1.807) is 6.07 Å². The third-order valence-corrected chi connectivity index (χ3v) is 4.99. The van der Waals surface area contributed by atoms with E-state index in [2.05, 4.69) is 17.0 Å². The summed E-state index contributed by atoms with van der Waals surface area (Å²) in [5, 5.41) is 1.29. The van der Waals surface area contributed by atoms with E-state index < -0.39 is 0 Å². The first-order chi connectivity index (χ1) is 10.7. The second kappa shape index (κ2) is 5.34. The highest BCUT2D eigenvalue weighted by Gasteiger charge is 2.33. The van der Waals surface area contributed by atoms with Crippen molar-refractivity contribution in [3.8, 4) is 16.9 Å². The SMILES string of the molecule is NCC1CN2CCOc3cc(-c4ccc(Cl)cc4Cl)cc1c32. The van der Waals surface area contributed by atoms with Gasteiger partial charge in [0.15, 0.2) is 0 Å². The lowest BCUT2D eigenvalue weighted by molar-refractivity contribution is 0.310. The molecule has 0 aromatic heterocycles. The van der Waals surface area contributed by atoms with Gasteiger partial charge in [-0.1, -0.05) is 29.3 Å². The maximum absolute atomic E-state index is 6.36. The molecule has 114 valence electrons. The molecule has 5 heteroatoms. The number of hydrogen-bond donors (Lipinski definition) is 1. The summed E-state index contributed by atoms with van der Waals surface area (Å²) in [6.07, 6.45) is 0. The van der Waals surface area contributed by atoms with Crippen LogP contribution >= 0.6 is 23.2 Å². The van der Waals surface area contributed by atoms with Crippen molar-refractivity contribution in [2.24, 2.45) is 5.73 Å². The Bertz CT molecular complexity index is 748. The summed E-state index contributed by atoms with van der Waals surface area (Å²) < 4.78 is 5.88. The highest BCUT2D eigenvalue weighted by Crippen LogP contribution is 2.47. The van der Waals surface area contributed by atoms with Crippen molar-refractivity contribution >= 4 is 28.9 Å². The number of nitrogens with zero attached hydrogens (tertiary/aromatic N) is 1. The highest BCUT2D eigenvalue weighted by atomic mass is 35.5. The Labute approximate surface area is 139 Å². The number of halogens is 2. The van der Waals surface area contributed by atoms with Crippen molar-refractivity contribution in [2.45, 2.75) is 5.92 Å². The van der Waals surface area contributed by atoms with Gasteiger partial charge in [0, 0.05) is 34.6 Å². The molecule has 0 saturated heterocycles. The standard InChI is InChI=1S/C17H16Cl2N2O/c18-12-1-2-13(15(19)7-12)10-5-14-11(8-20)9-21-3-4-22-16(6-10)17(14)21/h1-2,5-7,11H,3-4,8-9,20H2. The van der Waals surface area contributed by atoms with Gasteiger partial charge in [-0.25, -0.2) is 0 Å². The molecule has 2 N–H and O–H groups in total. The van der Waals surface area contributed by atoms with Crippen LogP contribution in [0.3, 0.4) is 0 Å². The number of ether oxygens (including phenoxy) is 1. The van der Waals surface area contributed by atoms with Crippen LogP contribution in [0.4, 0.5) is 5.69 Å². The monoisotopic (exact) mass is 334 g/mol. The van der Waals surface area contributed by atoms with Crippen molar-refractivity contribution in [1.29, 1.82) is 0 Å². The lowest BCUT2D eigenvalue weighted by atomic mass is 9.95. The summed E-state index contributed by atoms with van der Waals surface area (Å²) in [4.78, 5) is 2.37. The molecule has 2 aliphatic heterocycles. The molecule has 0 aliphatic carbocycles. The van der Waals surface area contributed by atoms with Gasteiger partial charge in [-0.2, -0.15) is 0 Å². The minimum atomic E-state index is 0.349. The summed E-state index contributed by atoms with van der Waals surface area (Å²) >= 11 is 12.4. The molecular weight excluding hydrogens is 319 g/mol. The maximum Gasteiger partial charge on any atom is 0.143 e. The van der Waals surface area contributed by atoms with Gasteiger partial charge in [-0.05, 0) is 35.4 Å². The summed E-state index contributed by atoms with van der Waals surface area (Å²) in [5.74, 6) is 1.28. The van der Waals surface area contributed by atoms with E-state index in [1.807, 2.05) is 12.1 Å². The van der Waals surface area contributed by atoms with Crippen molar-refractivity contribution in [3.63, 3.8) is 0 Å². The molecule has 1 unspecified atom stereocenters. The Morgan fingerprint density at radius 2 is 2.09 bits per heavy atom. The molecule has 0 saturated carbocycles. The van der Waals surface area contributed by atoms with Crippen LogP contribution in [-0.4, -0.2) is 26.2 Å². The predicted molar refractivity (Wildman–Crippen MR) is 91.4 cm³/mol. The molecule has 2 aliphatic rings. The smallest absolute Gasteiger partial charge is 0.143 e. The summed E-state index contributed by atoms with van der Waals surface area (Å²) in [7, 11) is 0. The topological polar surface area (TPSA) is 38.5 Å². The molecule has 0 amide bonds. The van der Waals surface area contributed by atoms with Crippen LogP contribution in [0.2, 0.25) is 10.0 Å². The van der Waals surface area contributed by atoms with Crippen LogP contribution < -0.4 is 15.4 Å². The van der Waals surface area contributed by atoms with Crippen molar-refractivity contribution in [1.82, 2.24) is 0 Å². The fraction of sp³-hybridized carbons (Fsp3) is 0.294. The third-order valence-electron chi connectivity index (χ3n) is 4.45. The minimum Gasteiger partial charge on any atom is -0.490 e. The van der Waals surface area contributed by atoms with E-state index in [0.29, 0.717) is 29.1 Å². The van der Waals surface area contributed by atoms with Gasteiger partial charge in [0.1, 0.15) is 12.4 Å². The number of nitrogens with two attached hydrogens (primary N) is 1. The van der Waals surface area contributed by atoms with Crippen LogP contribution in [0.15, 0.2) is 30.3 Å². The van der Waals surface area contributed by atoms with Gasteiger partial charge in [-0.3, -0.25) is 0 Å². The quantitative estimate of drug-likeness (QED) is 0.904. The minimum absolute atomic E-state index is 0.349. The van der Waals surface area contributed by atoms with E-state index in [4.69, 9.17) is 33.7 Å². The van der Waals surface area contributed by atoms with Crippen LogP contribution in [0.5, 0.6) is 5.75 Å². The van der Waals surface area contributed by atoms with Gasteiger partial charge in [0.2, 0.25) is 0 Å². The van der Waals surface area contributed by atoms with Gasteiger partial charge >= 0.3 is 0 Å². The predicted octanol–water partition coefficient (Wildman–Crippen LogP) is 3.92. The van der Waals surface area contributed by atoms with Gasteiger partial charge in [-0.15, -0.1) is 0 Å². The number of benzene rings is 2. The normalized spacial score (nSPS) is 19.0. The van der Waals surface area contributed by atoms with Crippen LogP contribution in [-0.2, 0) is 0 Å². The Morgan fingerprint density at radius 3 is 2.86 bits per heavy atom. The molecule has 22 heavy (non-hydrogen) atoms. The molecule has 2 aromatic carbocycles. The Morgan fingerprint density at radius 1 is 1.23 bits per heavy atom. The van der Waals surface area contributed by atoms with E-state index in [0.717, 1.165) is 30.0 Å². The first kappa shape index (κ1) is 14.2. The summed E-state index contributed by atoms with van der Waals surface area (Å²) in [6.45, 7) is 3.25. The average Bonchev–Trinajstić information content (AvgIpc) is 2.87. The molecule has 2 heterocycles. The Balaban J connectivity index is 1.89. The van der Waals surface area contributed by atoms with E-state index in [1.165, 1.54) is 11.3 Å².